The SMILES string of the molecule is Cc1ccnc(Sc2nc(C(F)(F)F)ccc2CN)n1. The van der Waals surface area contributed by atoms with Gasteiger partial charge in [0.1, 0.15) is 10.7 Å². The number of rotatable bonds is 3. The molecule has 0 amide bonds. The molecular formula is C12H11F3N4S. The second-order valence-electron chi connectivity index (χ2n) is 3.95. The largest absolute Gasteiger partial charge is 0.433 e. The van der Waals surface area contributed by atoms with Crippen LogP contribution >= 0.6 is 11.8 Å². The van der Waals surface area contributed by atoms with Crippen molar-refractivity contribution in [2.24, 2.45) is 5.73 Å². The molecule has 0 spiro atoms. The third kappa shape index (κ3) is 3.45. The van der Waals surface area contributed by atoms with Gasteiger partial charge < -0.3 is 5.73 Å². The van der Waals surface area contributed by atoms with Crippen LogP contribution < -0.4 is 5.73 Å². The quantitative estimate of drug-likeness (QED) is 0.883. The minimum absolute atomic E-state index is 0.0965. The number of nitrogens with zero attached hydrogens (tertiary/aromatic N) is 3. The molecule has 0 fully saturated rings. The van der Waals surface area contributed by atoms with Crippen LogP contribution in [0.1, 0.15) is 17.0 Å². The number of pyridine rings is 1. The lowest BCUT2D eigenvalue weighted by Gasteiger charge is -2.10. The van der Waals surface area contributed by atoms with Gasteiger partial charge in [0.25, 0.3) is 0 Å². The Labute approximate surface area is 117 Å². The first-order valence-corrected chi connectivity index (χ1v) is 6.46. The van der Waals surface area contributed by atoms with Crippen molar-refractivity contribution in [3.05, 3.63) is 41.3 Å². The van der Waals surface area contributed by atoms with E-state index in [1.54, 1.807) is 19.2 Å². The predicted molar refractivity (Wildman–Crippen MR) is 68.0 cm³/mol. The van der Waals surface area contributed by atoms with Crippen LogP contribution in [-0.4, -0.2) is 15.0 Å². The lowest BCUT2D eigenvalue weighted by molar-refractivity contribution is -0.141. The molecular weight excluding hydrogens is 289 g/mol. The Bertz CT molecular complexity index is 616. The Morgan fingerprint density at radius 1 is 1.20 bits per heavy atom. The lowest BCUT2D eigenvalue weighted by atomic mass is 10.2. The van der Waals surface area contributed by atoms with Gasteiger partial charge in [-0.1, -0.05) is 6.07 Å². The van der Waals surface area contributed by atoms with Gasteiger partial charge in [0, 0.05) is 18.4 Å². The van der Waals surface area contributed by atoms with Gasteiger partial charge >= 0.3 is 6.18 Å². The Morgan fingerprint density at radius 3 is 2.55 bits per heavy atom. The Morgan fingerprint density at radius 2 is 1.95 bits per heavy atom. The normalized spacial score (nSPS) is 11.7. The zero-order valence-electron chi connectivity index (χ0n) is 10.5. The van der Waals surface area contributed by atoms with Crippen molar-refractivity contribution in [1.29, 1.82) is 0 Å². The van der Waals surface area contributed by atoms with Crippen LogP contribution in [0.5, 0.6) is 0 Å². The molecule has 20 heavy (non-hydrogen) atoms. The van der Waals surface area contributed by atoms with Crippen LogP contribution in [0.15, 0.2) is 34.6 Å². The van der Waals surface area contributed by atoms with Gasteiger partial charge in [0.2, 0.25) is 0 Å². The summed E-state index contributed by atoms with van der Waals surface area (Å²) in [5.74, 6) is 0. The van der Waals surface area contributed by atoms with E-state index in [0.29, 0.717) is 10.7 Å². The lowest BCUT2D eigenvalue weighted by Crippen LogP contribution is -2.10. The van der Waals surface area contributed by atoms with Crippen LogP contribution in [0.25, 0.3) is 0 Å². The highest BCUT2D eigenvalue weighted by Gasteiger charge is 2.33. The predicted octanol–water partition coefficient (Wildman–Crippen LogP) is 2.81. The molecule has 2 N–H and O–H groups in total. The third-order valence-corrected chi connectivity index (χ3v) is 3.34. The molecule has 0 saturated carbocycles. The maximum Gasteiger partial charge on any atom is 0.433 e. The van der Waals surface area contributed by atoms with Crippen molar-refractivity contribution in [2.45, 2.75) is 29.8 Å². The monoisotopic (exact) mass is 300 g/mol. The summed E-state index contributed by atoms with van der Waals surface area (Å²) in [5.41, 5.74) is 5.81. The minimum Gasteiger partial charge on any atom is -0.326 e. The fraction of sp³-hybridized carbons (Fsp3) is 0.250. The molecule has 2 rings (SSSR count). The minimum atomic E-state index is -4.49. The fourth-order valence-electron chi connectivity index (χ4n) is 1.43. The van der Waals surface area contributed by atoms with Crippen molar-refractivity contribution >= 4 is 11.8 Å². The van der Waals surface area contributed by atoms with Crippen LogP contribution in [0.2, 0.25) is 0 Å². The van der Waals surface area contributed by atoms with E-state index in [0.717, 1.165) is 23.5 Å². The number of alkyl halides is 3. The molecule has 0 aliphatic heterocycles. The van der Waals surface area contributed by atoms with Gasteiger partial charge in [-0.3, -0.25) is 0 Å². The molecule has 4 nitrogen and oxygen atoms in total. The zero-order valence-corrected chi connectivity index (χ0v) is 11.3. The molecule has 0 aliphatic carbocycles. The van der Waals surface area contributed by atoms with E-state index >= 15 is 0 Å². The van der Waals surface area contributed by atoms with Crippen molar-refractivity contribution in [2.75, 3.05) is 0 Å². The number of aryl methyl sites for hydroxylation is 1. The van der Waals surface area contributed by atoms with Crippen LogP contribution in [0.4, 0.5) is 13.2 Å². The van der Waals surface area contributed by atoms with E-state index in [-0.39, 0.29) is 11.6 Å². The average molecular weight is 300 g/mol. The van der Waals surface area contributed by atoms with Gasteiger partial charge in [-0.15, -0.1) is 0 Å². The number of halogens is 3. The molecule has 0 radical (unpaired) electrons. The van der Waals surface area contributed by atoms with Crippen molar-refractivity contribution in [3.63, 3.8) is 0 Å². The number of hydrogen-bond acceptors (Lipinski definition) is 5. The summed E-state index contributed by atoms with van der Waals surface area (Å²) in [4.78, 5) is 11.7. The maximum atomic E-state index is 12.7. The van der Waals surface area contributed by atoms with Gasteiger partial charge in [-0.2, -0.15) is 13.2 Å². The first-order valence-electron chi connectivity index (χ1n) is 5.65. The Balaban J connectivity index is 2.38. The average Bonchev–Trinajstić information content (AvgIpc) is 2.37. The topological polar surface area (TPSA) is 64.7 Å². The van der Waals surface area contributed by atoms with Gasteiger partial charge in [0.05, 0.1) is 0 Å². The molecule has 2 aromatic rings. The Hall–Kier alpha value is -1.67. The summed E-state index contributed by atoms with van der Waals surface area (Å²) in [6.07, 6.45) is -2.95. The van der Waals surface area contributed by atoms with Crippen molar-refractivity contribution < 1.29 is 13.2 Å². The van der Waals surface area contributed by atoms with Crippen molar-refractivity contribution in [1.82, 2.24) is 15.0 Å². The summed E-state index contributed by atoms with van der Waals surface area (Å²) in [6, 6.07) is 3.95. The standard InChI is InChI=1S/C12H11F3N4S/c1-7-4-5-17-11(18-7)20-10-8(6-16)2-3-9(19-10)12(13,14)15/h2-5H,6,16H2,1H3. The van der Waals surface area contributed by atoms with E-state index in [4.69, 9.17) is 5.73 Å². The highest BCUT2D eigenvalue weighted by Crippen LogP contribution is 2.32. The van der Waals surface area contributed by atoms with E-state index < -0.39 is 11.9 Å². The maximum absolute atomic E-state index is 12.7. The summed E-state index contributed by atoms with van der Waals surface area (Å²) < 4.78 is 38.0. The second-order valence-corrected chi connectivity index (χ2v) is 4.90. The second kappa shape index (κ2) is 5.76. The summed E-state index contributed by atoms with van der Waals surface area (Å²) in [7, 11) is 0. The van der Waals surface area contributed by atoms with Crippen LogP contribution in [0, 0.1) is 6.92 Å². The summed E-state index contributed by atoms with van der Waals surface area (Å²) in [5, 5.41) is 0.513. The Kier molecular flexibility index (Phi) is 4.24. The molecule has 2 heterocycles. The summed E-state index contributed by atoms with van der Waals surface area (Å²) >= 11 is 0.970. The van der Waals surface area contributed by atoms with E-state index in [9.17, 15) is 13.2 Å². The molecule has 0 aromatic carbocycles. The van der Waals surface area contributed by atoms with E-state index in [1.165, 1.54) is 6.07 Å². The van der Waals surface area contributed by atoms with Crippen molar-refractivity contribution in [3.8, 4) is 0 Å². The fourth-order valence-corrected chi connectivity index (χ4v) is 2.34. The van der Waals surface area contributed by atoms with E-state index in [1.807, 2.05) is 0 Å². The van der Waals surface area contributed by atoms with E-state index in [2.05, 4.69) is 15.0 Å². The molecule has 0 atom stereocenters. The van der Waals surface area contributed by atoms with Crippen LogP contribution in [0.3, 0.4) is 0 Å². The third-order valence-electron chi connectivity index (χ3n) is 2.41. The molecule has 0 bridgehead atoms. The number of nitrogens with two attached hydrogens (primary N) is 1. The smallest absolute Gasteiger partial charge is 0.326 e. The highest BCUT2D eigenvalue weighted by molar-refractivity contribution is 7.99. The van der Waals surface area contributed by atoms with Gasteiger partial charge in [-0.25, -0.2) is 15.0 Å². The molecule has 106 valence electrons. The van der Waals surface area contributed by atoms with Gasteiger partial charge in [-0.05, 0) is 36.4 Å². The number of hydrogen-bond donors (Lipinski definition) is 1. The van der Waals surface area contributed by atoms with Crippen LogP contribution in [-0.2, 0) is 12.7 Å². The molecule has 8 heteroatoms. The number of aromatic nitrogens is 3. The molecule has 2 aromatic heterocycles. The first kappa shape index (κ1) is 14.7. The molecule has 0 saturated heterocycles. The van der Waals surface area contributed by atoms with Gasteiger partial charge in [0.15, 0.2) is 5.16 Å². The highest BCUT2D eigenvalue weighted by atomic mass is 32.2. The summed E-state index contributed by atoms with van der Waals surface area (Å²) in [6.45, 7) is 1.87. The first-order chi connectivity index (χ1) is 9.40. The zero-order chi connectivity index (χ0) is 14.8. The molecule has 0 aliphatic rings. The molecule has 0 unspecified atom stereocenters.